The van der Waals surface area contributed by atoms with E-state index in [-0.39, 0.29) is 0 Å². The quantitative estimate of drug-likeness (QED) is 0.766. The van der Waals surface area contributed by atoms with E-state index in [1.807, 2.05) is 0 Å². The van der Waals surface area contributed by atoms with Gasteiger partial charge in [-0.1, -0.05) is 18.2 Å². The summed E-state index contributed by atoms with van der Waals surface area (Å²) in [4.78, 5) is 2.59. The van der Waals surface area contributed by atoms with Gasteiger partial charge >= 0.3 is 0 Å². The van der Waals surface area contributed by atoms with Gasteiger partial charge in [-0.3, -0.25) is 4.90 Å². The Hall–Kier alpha value is -1.98. The van der Waals surface area contributed by atoms with Crippen molar-refractivity contribution in [3.8, 4) is 11.3 Å². The Labute approximate surface area is 151 Å². The van der Waals surface area contributed by atoms with Crippen LogP contribution in [0.2, 0.25) is 0 Å². The van der Waals surface area contributed by atoms with E-state index in [0.717, 1.165) is 17.4 Å². The number of rotatable bonds is 3. The van der Waals surface area contributed by atoms with Crippen LogP contribution in [0.5, 0.6) is 0 Å². The van der Waals surface area contributed by atoms with Gasteiger partial charge in [0.15, 0.2) is 0 Å². The third-order valence-electron chi connectivity index (χ3n) is 5.91. The van der Waals surface area contributed by atoms with Crippen molar-refractivity contribution >= 4 is 27.2 Å². The summed E-state index contributed by atoms with van der Waals surface area (Å²) in [5, 5.41) is 16.1. The van der Waals surface area contributed by atoms with Crippen molar-refractivity contribution in [2.45, 2.75) is 31.8 Å². The van der Waals surface area contributed by atoms with E-state index >= 15 is 0 Å². The molecule has 3 aliphatic rings. The lowest BCUT2D eigenvalue weighted by Gasteiger charge is -2.50. The summed E-state index contributed by atoms with van der Waals surface area (Å²) in [5.41, 5.74) is 2.13. The van der Waals surface area contributed by atoms with Crippen LogP contribution in [0.25, 0.3) is 21.3 Å². The van der Waals surface area contributed by atoms with Crippen molar-refractivity contribution in [1.29, 1.82) is 0 Å². The van der Waals surface area contributed by atoms with Gasteiger partial charge < -0.3 is 5.32 Å². The zero-order valence-corrected chi connectivity index (χ0v) is 15.2. The number of hydrogen-bond donors (Lipinski definition) is 1. The molecule has 3 aromatic rings. The topological polar surface area (TPSA) is 41.1 Å². The summed E-state index contributed by atoms with van der Waals surface area (Å²) < 4.78 is 1.29. The van der Waals surface area contributed by atoms with E-state index in [1.165, 1.54) is 41.6 Å². The number of nitrogens with one attached hydrogen (secondary N) is 1. The van der Waals surface area contributed by atoms with Gasteiger partial charge in [0, 0.05) is 33.1 Å². The largest absolute Gasteiger partial charge is 0.364 e. The first kappa shape index (κ1) is 15.3. The zero-order valence-electron chi connectivity index (χ0n) is 14.4. The first-order valence-corrected chi connectivity index (χ1v) is 9.98. The molecule has 128 valence electrons. The lowest BCUT2D eigenvalue weighted by atomic mass is 9.79. The fourth-order valence-corrected chi connectivity index (χ4v) is 5.40. The van der Waals surface area contributed by atoms with Crippen LogP contribution in [-0.2, 0) is 0 Å². The minimum atomic E-state index is 0.490. The highest BCUT2D eigenvalue weighted by atomic mass is 32.1. The average Bonchev–Trinajstić information content (AvgIpc) is 3.10. The summed E-state index contributed by atoms with van der Waals surface area (Å²) in [5.74, 6) is 1.66. The van der Waals surface area contributed by atoms with Crippen molar-refractivity contribution < 1.29 is 0 Å². The number of benzene rings is 1. The average molecular weight is 350 g/mol. The third-order valence-corrected chi connectivity index (χ3v) is 6.88. The Morgan fingerprint density at radius 1 is 1.08 bits per heavy atom. The fourth-order valence-electron chi connectivity index (χ4n) is 4.45. The highest BCUT2D eigenvalue weighted by molar-refractivity contribution is 7.17. The SMILES string of the molecule is C[C@@H]1[C@@H](Nc2ccc(-c3csc4ccccc34)nn2)C2CCN1CC2. The van der Waals surface area contributed by atoms with Crippen LogP contribution in [0.1, 0.15) is 19.8 Å². The second kappa shape index (κ2) is 6.07. The lowest BCUT2D eigenvalue weighted by molar-refractivity contribution is 0.0457. The normalized spacial score (nSPS) is 28.4. The maximum Gasteiger partial charge on any atom is 0.148 e. The second-order valence-electron chi connectivity index (χ2n) is 7.23. The van der Waals surface area contributed by atoms with Gasteiger partial charge in [-0.05, 0) is 57.0 Å². The van der Waals surface area contributed by atoms with E-state index in [0.29, 0.717) is 12.1 Å². The molecule has 6 rings (SSSR count). The molecule has 3 fully saturated rings. The maximum atomic E-state index is 4.50. The molecule has 25 heavy (non-hydrogen) atoms. The van der Waals surface area contributed by atoms with Crippen molar-refractivity contribution in [3.63, 3.8) is 0 Å². The number of nitrogens with zero attached hydrogens (tertiary/aromatic N) is 3. The summed E-state index contributed by atoms with van der Waals surface area (Å²) >= 11 is 1.76. The molecule has 4 nitrogen and oxygen atoms in total. The molecule has 2 aromatic heterocycles. The molecule has 0 amide bonds. The maximum absolute atomic E-state index is 4.50. The van der Waals surface area contributed by atoms with Crippen molar-refractivity contribution in [1.82, 2.24) is 15.1 Å². The van der Waals surface area contributed by atoms with Crippen LogP contribution < -0.4 is 5.32 Å². The Balaban J connectivity index is 1.39. The summed E-state index contributed by atoms with van der Waals surface area (Å²) in [7, 11) is 0. The Morgan fingerprint density at radius 3 is 2.68 bits per heavy atom. The van der Waals surface area contributed by atoms with Crippen molar-refractivity contribution in [2.75, 3.05) is 18.4 Å². The molecular weight excluding hydrogens is 328 g/mol. The van der Waals surface area contributed by atoms with Gasteiger partial charge in [-0.2, -0.15) is 0 Å². The molecule has 0 radical (unpaired) electrons. The van der Waals surface area contributed by atoms with E-state index in [2.05, 4.69) is 69.1 Å². The van der Waals surface area contributed by atoms with E-state index < -0.39 is 0 Å². The first-order valence-electron chi connectivity index (χ1n) is 9.10. The Bertz CT molecular complexity index is 878. The van der Waals surface area contributed by atoms with Crippen molar-refractivity contribution in [3.05, 3.63) is 41.8 Å². The molecule has 5 heterocycles. The molecule has 2 atom stereocenters. The third kappa shape index (κ3) is 2.62. The van der Waals surface area contributed by atoms with Gasteiger partial charge in [-0.25, -0.2) is 0 Å². The predicted molar refractivity (Wildman–Crippen MR) is 104 cm³/mol. The number of anilines is 1. The highest BCUT2D eigenvalue weighted by Gasteiger charge is 2.39. The molecule has 0 saturated carbocycles. The van der Waals surface area contributed by atoms with Crippen LogP contribution in [0, 0.1) is 5.92 Å². The van der Waals surface area contributed by atoms with Gasteiger partial charge in [0.2, 0.25) is 0 Å². The number of piperidine rings is 3. The molecule has 3 aliphatic heterocycles. The predicted octanol–water partition coefficient (Wildman–Crippen LogP) is 4.25. The first-order chi connectivity index (χ1) is 12.3. The molecular formula is C20H22N4S. The zero-order chi connectivity index (χ0) is 16.8. The monoisotopic (exact) mass is 350 g/mol. The van der Waals surface area contributed by atoms with Gasteiger partial charge in [0.25, 0.3) is 0 Å². The minimum absolute atomic E-state index is 0.490. The van der Waals surface area contributed by atoms with E-state index in [9.17, 15) is 0 Å². The molecule has 3 saturated heterocycles. The van der Waals surface area contributed by atoms with Crippen LogP contribution in [0.15, 0.2) is 41.8 Å². The molecule has 0 aliphatic carbocycles. The summed E-state index contributed by atoms with van der Waals surface area (Å²) in [6, 6.07) is 13.7. The second-order valence-corrected chi connectivity index (χ2v) is 8.14. The molecule has 0 unspecified atom stereocenters. The molecule has 1 aromatic carbocycles. The van der Waals surface area contributed by atoms with Crippen LogP contribution in [-0.4, -0.2) is 40.3 Å². The minimum Gasteiger partial charge on any atom is -0.364 e. The summed E-state index contributed by atoms with van der Waals surface area (Å²) in [6.45, 7) is 4.84. The van der Waals surface area contributed by atoms with Crippen LogP contribution >= 0.6 is 11.3 Å². The highest BCUT2D eigenvalue weighted by Crippen LogP contribution is 2.35. The number of aromatic nitrogens is 2. The molecule has 0 spiro atoms. The molecule has 1 N–H and O–H groups in total. The fraction of sp³-hybridized carbons (Fsp3) is 0.400. The van der Waals surface area contributed by atoms with Gasteiger partial charge in [-0.15, -0.1) is 21.5 Å². The van der Waals surface area contributed by atoms with Gasteiger partial charge in [0.05, 0.1) is 5.69 Å². The van der Waals surface area contributed by atoms with E-state index in [1.54, 1.807) is 11.3 Å². The standard InChI is InChI=1S/C20H22N4S/c1-13-20(14-8-10-24(13)11-9-14)21-19-7-6-17(22-23-19)16-12-25-18-5-3-2-4-15(16)18/h2-7,12-14,20H,8-11H2,1H3,(H,21,23)/t13-,20-/m1/s1. The van der Waals surface area contributed by atoms with Crippen LogP contribution in [0.4, 0.5) is 5.82 Å². The lowest BCUT2D eigenvalue weighted by Crippen LogP contribution is -2.59. The Kier molecular flexibility index (Phi) is 3.71. The molecule has 5 heteroatoms. The number of thiophene rings is 1. The van der Waals surface area contributed by atoms with E-state index in [4.69, 9.17) is 0 Å². The van der Waals surface area contributed by atoms with Crippen LogP contribution in [0.3, 0.4) is 0 Å². The summed E-state index contributed by atoms with van der Waals surface area (Å²) in [6.07, 6.45) is 2.60. The Morgan fingerprint density at radius 2 is 1.92 bits per heavy atom. The number of fused-ring (bicyclic) bond motifs is 4. The number of hydrogen-bond acceptors (Lipinski definition) is 5. The molecule has 2 bridgehead atoms. The smallest absolute Gasteiger partial charge is 0.148 e. The van der Waals surface area contributed by atoms with Crippen molar-refractivity contribution in [2.24, 2.45) is 5.92 Å². The van der Waals surface area contributed by atoms with Gasteiger partial charge in [0.1, 0.15) is 5.82 Å².